The molecule has 1 saturated heterocycles. The number of halogens is 3. The molecular weight excluding hydrogens is 293 g/mol. The summed E-state index contributed by atoms with van der Waals surface area (Å²) in [7, 11) is 0. The standard InChI is InChI=1S/C16H21F3N2O/c1-12(21-10-4-2-3-5-11-21)15(22)20-14-8-6-13(7-9-14)16(17,18)19/h6-9,12H,2-5,10-11H2,1H3,(H,20,22)/t12-/m0/s1. The van der Waals surface area contributed by atoms with E-state index in [-0.39, 0.29) is 11.9 Å². The smallest absolute Gasteiger partial charge is 0.325 e. The molecule has 122 valence electrons. The van der Waals surface area contributed by atoms with Gasteiger partial charge in [-0.15, -0.1) is 0 Å². The Morgan fingerprint density at radius 2 is 1.64 bits per heavy atom. The van der Waals surface area contributed by atoms with Crippen molar-refractivity contribution in [2.24, 2.45) is 0 Å². The highest BCUT2D eigenvalue weighted by molar-refractivity contribution is 5.94. The number of hydrogen-bond acceptors (Lipinski definition) is 2. The Morgan fingerprint density at radius 3 is 2.14 bits per heavy atom. The zero-order valence-electron chi connectivity index (χ0n) is 12.6. The van der Waals surface area contributed by atoms with Gasteiger partial charge in [0.1, 0.15) is 0 Å². The Balaban J connectivity index is 1.95. The van der Waals surface area contributed by atoms with Crippen molar-refractivity contribution in [3.63, 3.8) is 0 Å². The third-order valence-corrected chi connectivity index (χ3v) is 4.05. The summed E-state index contributed by atoms with van der Waals surface area (Å²) >= 11 is 0. The largest absolute Gasteiger partial charge is 0.416 e. The number of rotatable bonds is 3. The number of alkyl halides is 3. The Kier molecular flexibility index (Phi) is 5.45. The van der Waals surface area contributed by atoms with E-state index in [1.54, 1.807) is 0 Å². The van der Waals surface area contributed by atoms with E-state index in [1.807, 2.05) is 6.92 Å². The highest BCUT2D eigenvalue weighted by Gasteiger charge is 2.30. The molecular formula is C16H21F3N2O. The lowest BCUT2D eigenvalue weighted by Gasteiger charge is -2.26. The molecule has 1 amide bonds. The lowest BCUT2D eigenvalue weighted by Crippen LogP contribution is -2.42. The summed E-state index contributed by atoms with van der Waals surface area (Å²) in [5, 5.41) is 2.69. The van der Waals surface area contributed by atoms with E-state index >= 15 is 0 Å². The number of amides is 1. The van der Waals surface area contributed by atoms with E-state index in [1.165, 1.54) is 25.0 Å². The topological polar surface area (TPSA) is 32.3 Å². The number of likely N-dealkylation sites (tertiary alicyclic amines) is 1. The van der Waals surface area contributed by atoms with Crippen LogP contribution in [-0.2, 0) is 11.0 Å². The summed E-state index contributed by atoms with van der Waals surface area (Å²) in [5.41, 5.74) is -0.328. The lowest BCUT2D eigenvalue weighted by atomic mass is 10.2. The Hall–Kier alpha value is -1.56. The molecule has 22 heavy (non-hydrogen) atoms. The first-order valence-electron chi connectivity index (χ1n) is 7.60. The van der Waals surface area contributed by atoms with Crippen LogP contribution in [0.25, 0.3) is 0 Å². The van der Waals surface area contributed by atoms with Crippen molar-refractivity contribution in [2.75, 3.05) is 18.4 Å². The van der Waals surface area contributed by atoms with Crippen LogP contribution in [-0.4, -0.2) is 29.9 Å². The molecule has 0 saturated carbocycles. The molecule has 0 unspecified atom stereocenters. The molecule has 0 radical (unpaired) electrons. The van der Waals surface area contributed by atoms with E-state index in [0.717, 1.165) is 38.1 Å². The van der Waals surface area contributed by atoms with Gasteiger partial charge in [-0.2, -0.15) is 13.2 Å². The lowest BCUT2D eigenvalue weighted by molar-refractivity contribution is -0.137. The summed E-state index contributed by atoms with van der Waals surface area (Å²) in [6.07, 6.45) is 0.172. The Labute approximate surface area is 128 Å². The fourth-order valence-electron chi connectivity index (χ4n) is 2.64. The van der Waals surface area contributed by atoms with Crippen molar-refractivity contribution >= 4 is 11.6 Å². The van der Waals surface area contributed by atoms with Gasteiger partial charge in [-0.05, 0) is 57.1 Å². The molecule has 1 aliphatic heterocycles. The van der Waals surface area contributed by atoms with Crippen LogP contribution in [0.15, 0.2) is 24.3 Å². The average molecular weight is 314 g/mol. The van der Waals surface area contributed by atoms with Crippen molar-refractivity contribution in [2.45, 2.75) is 44.8 Å². The molecule has 0 bridgehead atoms. The molecule has 6 heteroatoms. The third kappa shape index (κ3) is 4.47. The second-order valence-corrected chi connectivity index (χ2v) is 5.69. The molecule has 1 N–H and O–H groups in total. The summed E-state index contributed by atoms with van der Waals surface area (Å²) < 4.78 is 37.5. The van der Waals surface area contributed by atoms with Gasteiger partial charge in [0.2, 0.25) is 5.91 Å². The highest BCUT2D eigenvalue weighted by atomic mass is 19.4. The SMILES string of the molecule is C[C@@H](C(=O)Nc1ccc(C(F)(F)F)cc1)N1CCCCCC1. The summed E-state index contributed by atoms with van der Waals surface area (Å²) in [6.45, 7) is 3.62. The predicted octanol–water partition coefficient (Wildman–Crippen LogP) is 3.91. The molecule has 1 heterocycles. The fourth-order valence-corrected chi connectivity index (χ4v) is 2.64. The first-order chi connectivity index (χ1) is 10.4. The maximum Gasteiger partial charge on any atom is 0.416 e. The van der Waals surface area contributed by atoms with E-state index in [4.69, 9.17) is 0 Å². The minimum atomic E-state index is -4.36. The summed E-state index contributed by atoms with van der Waals surface area (Å²) in [4.78, 5) is 14.4. The van der Waals surface area contributed by atoms with Gasteiger partial charge in [-0.25, -0.2) is 0 Å². The first kappa shape index (κ1) is 16.8. The van der Waals surface area contributed by atoms with Gasteiger partial charge in [0.15, 0.2) is 0 Å². The van der Waals surface area contributed by atoms with Gasteiger partial charge in [0.25, 0.3) is 0 Å². The third-order valence-electron chi connectivity index (χ3n) is 4.05. The monoisotopic (exact) mass is 314 g/mol. The van der Waals surface area contributed by atoms with E-state index < -0.39 is 11.7 Å². The Morgan fingerprint density at radius 1 is 1.09 bits per heavy atom. The maximum atomic E-state index is 12.5. The second-order valence-electron chi connectivity index (χ2n) is 5.69. The minimum absolute atomic E-state index is 0.179. The molecule has 0 aliphatic carbocycles. The number of nitrogens with zero attached hydrogens (tertiary/aromatic N) is 1. The minimum Gasteiger partial charge on any atom is -0.325 e. The normalized spacial score (nSPS) is 18.5. The van der Waals surface area contributed by atoms with Gasteiger partial charge >= 0.3 is 6.18 Å². The molecule has 0 spiro atoms. The molecule has 2 rings (SSSR count). The van der Waals surface area contributed by atoms with Crippen molar-refractivity contribution in [3.8, 4) is 0 Å². The second kappa shape index (κ2) is 7.13. The Bertz CT molecular complexity index is 491. The molecule has 1 aliphatic rings. The van der Waals surface area contributed by atoms with Gasteiger partial charge in [-0.1, -0.05) is 12.8 Å². The number of carbonyl (C=O) groups excluding carboxylic acids is 1. The number of nitrogens with one attached hydrogen (secondary N) is 1. The predicted molar refractivity (Wildman–Crippen MR) is 79.6 cm³/mol. The van der Waals surface area contributed by atoms with E-state index in [9.17, 15) is 18.0 Å². The van der Waals surface area contributed by atoms with Gasteiger partial charge < -0.3 is 5.32 Å². The fraction of sp³-hybridized carbons (Fsp3) is 0.562. The number of carbonyl (C=O) groups is 1. The van der Waals surface area contributed by atoms with Crippen molar-refractivity contribution in [1.82, 2.24) is 4.90 Å². The van der Waals surface area contributed by atoms with Crippen LogP contribution in [0, 0.1) is 0 Å². The number of benzene rings is 1. The number of hydrogen-bond donors (Lipinski definition) is 1. The van der Waals surface area contributed by atoms with Crippen molar-refractivity contribution in [1.29, 1.82) is 0 Å². The molecule has 3 nitrogen and oxygen atoms in total. The van der Waals surface area contributed by atoms with Crippen LogP contribution in [0.5, 0.6) is 0 Å². The zero-order chi connectivity index (χ0) is 16.2. The van der Waals surface area contributed by atoms with Gasteiger partial charge in [0.05, 0.1) is 11.6 Å². The quantitative estimate of drug-likeness (QED) is 0.917. The maximum absolute atomic E-state index is 12.5. The van der Waals surface area contributed by atoms with Crippen LogP contribution < -0.4 is 5.32 Å². The molecule has 1 fully saturated rings. The molecule has 1 atom stereocenters. The van der Waals surface area contributed by atoms with Crippen LogP contribution >= 0.6 is 0 Å². The van der Waals surface area contributed by atoms with Crippen LogP contribution in [0.1, 0.15) is 38.2 Å². The zero-order valence-corrected chi connectivity index (χ0v) is 12.6. The van der Waals surface area contributed by atoms with Crippen LogP contribution in [0.2, 0.25) is 0 Å². The number of anilines is 1. The van der Waals surface area contributed by atoms with E-state index in [0.29, 0.717) is 5.69 Å². The van der Waals surface area contributed by atoms with Crippen molar-refractivity contribution in [3.05, 3.63) is 29.8 Å². The highest BCUT2D eigenvalue weighted by Crippen LogP contribution is 2.29. The van der Waals surface area contributed by atoms with E-state index in [2.05, 4.69) is 10.2 Å². The summed E-state index contributed by atoms with van der Waals surface area (Å²) in [6, 6.07) is 4.25. The molecule has 1 aromatic carbocycles. The van der Waals surface area contributed by atoms with Crippen LogP contribution in [0.3, 0.4) is 0 Å². The van der Waals surface area contributed by atoms with Gasteiger partial charge in [-0.3, -0.25) is 9.69 Å². The average Bonchev–Trinajstić information content (AvgIpc) is 2.75. The van der Waals surface area contributed by atoms with Gasteiger partial charge in [0, 0.05) is 5.69 Å². The molecule has 1 aromatic rings. The molecule has 0 aromatic heterocycles. The van der Waals surface area contributed by atoms with Crippen LogP contribution in [0.4, 0.5) is 18.9 Å². The summed E-state index contributed by atoms with van der Waals surface area (Å²) in [5.74, 6) is -0.179. The first-order valence-corrected chi connectivity index (χ1v) is 7.60. The van der Waals surface area contributed by atoms with Crippen molar-refractivity contribution < 1.29 is 18.0 Å².